The van der Waals surface area contributed by atoms with Gasteiger partial charge >= 0.3 is 0 Å². The molecule has 1 unspecified atom stereocenters. The second kappa shape index (κ2) is 7.69. The van der Waals surface area contributed by atoms with Crippen LogP contribution in [-0.2, 0) is 0 Å². The summed E-state index contributed by atoms with van der Waals surface area (Å²) in [5.74, 6) is 2.06. The molecular formula is C19H29NS. The fraction of sp³-hybridized carbons (Fsp3) is 0.684. The van der Waals surface area contributed by atoms with Gasteiger partial charge < -0.3 is 5.32 Å². The van der Waals surface area contributed by atoms with Crippen molar-refractivity contribution in [3.05, 3.63) is 35.4 Å². The van der Waals surface area contributed by atoms with Crippen LogP contribution < -0.4 is 5.32 Å². The molecule has 0 bridgehead atoms. The maximum atomic E-state index is 3.51. The Morgan fingerprint density at radius 2 is 1.71 bits per heavy atom. The second-order valence-corrected chi connectivity index (χ2v) is 8.06. The van der Waals surface area contributed by atoms with Crippen LogP contribution >= 0.6 is 11.8 Å². The molecule has 1 N–H and O–H groups in total. The molecule has 21 heavy (non-hydrogen) atoms. The smallest absolute Gasteiger partial charge is 0.0409 e. The topological polar surface area (TPSA) is 12.0 Å². The van der Waals surface area contributed by atoms with E-state index >= 15 is 0 Å². The lowest BCUT2D eigenvalue weighted by Crippen LogP contribution is -2.21. The van der Waals surface area contributed by atoms with E-state index in [0.29, 0.717) is 6.04 Å². The molecule has 1 aromatic carbocycles. The van der Waals surface area contributed by atoms with E-state index < -0.39 is 0 Å². The predicted octanol–water partition coefficient (Wildman–Crippen LogP) is 5.28. The van der Waals surface area contributed by atoms with E-state index in [4.69, 9.17) is 0 Å². The normalized spacial score (nSPS) is 22.0. The van der Waals surface area contributed by atoms with Gasteiger partial charge in [0.25, 0.3) is 0 Å². The Morgan fingerprint density at radius 3 is 2.29 bits per heavy atom. The van der Waals surface area contributed by atoms with Crippen LogP contribution in [0.4, 0.5) is 0 Å². The highest BCUT2D eigenvalue weighted by Crippen LogP contribution is 2.37. The van der Waals surface area contributed by atoms with Gasteiger partial charge in [-0.25, -0.2) is 0 Å². The van der Waals surface area contributed by atoms with Crippen LogP contribution in [0.25, 0.3) is 0 Å². The first-order valence-corrected chi connectivity index (χ1v) is 9.80. The van der Waals surface area contributed by atoms with Crippen molar-refractivity contribution in [1.29, 1.82) is 0 Å². The van der Waals surface area contributed by atoms with Crippen LogP contribution in [0.3, 0.4) is 0 Å². The van der Waals surface area contributed by atoms with Crippen LogP contribution in [0.2, 0.25) is 0 Å². The van der Waals surface area contributed by atoms with Crippen LogP contribution in [0.15, 0.2) is 24.3 Å². The highest BCUT2D eigenvalue weighted by atomic mass is 32.2. The molecule has 2 saturated carbocycles. The number of nitrogens with one attached hydrogen (secondary N) is 1. The van der Waals surface area contributed by atoms with Gasteiger partial charge in [-0.2, -0.15) is 11.8 Å². The van der Waals surface area contributed by atoms with Gasteiger partial charge in [-0.05, 0) is 49.8 Å². The van der Waals surface area contributed by atoms with Crippen LogP contribution in [0.1, 0.15) is 74.5 Å². The van der Waals surface area contributed by atoms with Crippen molar-refractivity contribution in [2.24, 2.45) is 0 Å². The van der Waals surface area contributed by atoms with Gasteiger partial charge in [0.1, 0.15) is 0 Å². The molecule has 1 atom stereocenters. The van der Waals surface area contributed by atoms with E-state index in [1.165, 1.54) is 62.7 Å². The lowest BCUT2D eigenvalue weighted by atomic mass is 9.80. The van der Waals surface area contributed by atoms with Gasteiger partial charge in [0, 0.05) is 17.0 Å². The lowest BCUT2D eigenvalue weighted by molar-refractivity contribution is 0.419. The van der Waals surface area contributed by atoms with Crippen molar-refractivity contribution in [1.82, 2.24) is 5.32 Å². The monoisotopic (exact) mass is 303 g/mol. The van der Waals surface area contributed by atoms with Gasteiger partial charge in [0.05, 0.1) is 0 Å². The van der Waals surface area contributed by atoms with Gasteiger partial charge in [-0.3, -0.25) is 0 Å². The average Bonchev–Trinajstić information content (AvgIpc) is 2.49. The van der Waals surface area contributed by atoms with E-state index in [9.17, 15) is 0 Å². The molecule has 3 rings (SSSR count). The third-order valence-electron chi connectivity index (χ3n) is 5.31. The standard InChI is InChI=1S/C19H29NS/c1-20-19(14-21-18-8-3-2-4-9-18)17-12-10-16(11-13-17)15-6-5-7-15/h10-13,15,18-20H,2-9,14H2,1H3. The predicted molar refractivity (Wildman–Crippen MR) is 94.2 cm³/mol. The largest absolute Gasteiger partial charge is 0.312 e. The molecule has 2 aliphatic carbocycles. The van der Waals surface area contributed by atoms with Crippen LogP contribution in [0, 0.1) is 0 Å². The third-order valence-corrected chi connectivity index (χ3v) is 6.78. The Kier molecular flexibility index (Phi) is 5.65. The minimum atomic E-state index is 0.507. The van der Waals surface area contributed by atoms with E-state index in [-0.39, 0.29) is 0 Å². The molecule has 2 heteroatoms. The van der Waals surface area contributed by atoms with E-state index in [1.54, 1.807) is 5.56 Å². The molecule has 0 amide bonds. The molecule has 1 nitrogen and oxygen atoms in total. The summed E-state index contributed by atoms with van der Waals surface area (Å²) in [5.41, 5.74) is 3.02. The first-order chi connectivity index (χ1) is 10.4. The Morgan fingerprint density at radius 1 is 1.00 bits per heavy atom. The average molecular weight is 304 g/mol. The molecule has 0 saturated heterocycles. The Balaban J connectivity index is 1.54. The lowest BCUT2D eigenvalue weighted by Gasteiger charge is -2.27. The highest BCUT2D eigenvalue weighted by Gasteiger charge is 2.20. The van der Waals surface area contributed by atoms with Gasteiger partial charge in [0.2, 0.25) is 0 Å². The van der Waals surface area contributed by atoms with E-state index in [2.05, 4.69) is 48.4 Å². The first-order valence-electron chi connectivity index (χ1n) is 8.75. The van der Waals surface area contributed by atoms with Crippen LogP contribution in [0.5, 0.6) is 0 Å². The molecule has 1 aromatic rings. The van der Waals surface area contributed by atoms with Crippen molar-refractivity contribution in [3.8, 4) is 0 Å². The maximum Gasteiger partial charge on any atom is 0.0409 e. The van der Waals surface area contributed by atoms with Gasteiger partial charge in [-0.1, -0.05) is 49.9 Å². The molecule has 0 heterocycles. The summed E-state index contributed by atoms with van der Waals surface area (Å²) < 4.78 is 0. The van der Waals surface area contributed by atoms with Crippen molar-refractivity contribution < 1.29 is 0 Å². The SMILES string of the molecule is CNC(CSC1CCCCC1)c1ccc(C2CCC2)cc1. The number of hydrogen-bond acceptors (Lipinski definition) is 2. The molecule has 2 aliphatic rings. The second-order valence-electron chi connectivity index (χ2n) is 6.73. The van der Waals surface area contributed by atoms with Crippen molar-refractivity contribution >= 4 is 11.8 Å². The summed E-state index contributed by atoms with van der Waals surface area (Å²) in [7, 11) is 2.10. The summed E-state index contributed by atoms with van der Waals surface area (Å²) in [6.45, 7) is 0. The molecule has 0 spiro atoms. The highest BCUT2D eigenvalue weighted by molar-refractivity contribution is 7.99. The molecule has 0 radical (unpaired) electrons. The third kappa shape index (κ3) is 4.04. The quantitative estimate of drug-likeness (QED) is 0.767. The fourth-order valence-electron chi connectivity index (χ4n) is 3.55. The van der Waals surface area contributed by atoms with Crippen molar-refractivity contribution in [3.63, 3.8) is 0 Å². The van der Waals surface area contributed by atoms with E-state index in [1.807, 2.05) is 0 Å². The van der Waals surface area contributed by atoms with Crippen molar-refractivity contribution in [2.75, 3.05) is 12.8 Å². The number of benzene rings is 1. The van der Waals surface area contributed by atoms with Gasteiger partial charge in [-0.15, -0.1) is 0 Å². The summed E-state index contributed by atoms with van der Waals surface area (Å²) in [6, 6.07) is 9.96. The summed E-state index contributed by atoms with van der Waals surface area (Å²) >= 11 is 2.19. The Bertz CT molecular complexity index is 418. The Labute approximate surface area is 134 Å². The number of thioether (sulfide) groups is 1. The zero-order chi connectivity index (χ0) is 14.5. The van der Waals surface area contributed by atoms with Gasteiger partial charge in [0.15, 0.2) is 0 Å². The maximum absolute atomic E-state index is 3.51. The molecular weight excluding hydrogens is 274 g/mol. The molecule has 116 valence electrons. The molecule has 0 aromatic heterocycles. The minimum Gasteiger partial charge on any atom is -0.312 e. The zero-order valence-electron chi connectivity index (χ0n) is 13.3. The summed E-state index contributed by atoms with van der Waals surface area (Å²) in [6.07, 6.45) is 11.4. The van der Waals surface area contributed by atoms with Crippen LogP contribution in [-0.4, -0.2) is 18.1 Å². The first kappa shape index (κ1) is 15.4. The number of rotatable bonds is 6. The summed E-state index contributed by atoms with van der Waals surface area (Å²) in [5, 5.41) is 4.42. The molecule has 0 aliphatic heterocycles. The zero-order valence-corrected chi connectivity index (χ0v) is 14.1. The summed E-state index contributed by atoms with van der Waals surface area (Å²) in [4.78, 5) is 0. The fourth-order valence-corrected chi connectivity index (χ4v) is 5.04. The number of hydrogen-bond donors (Lipinski definition) is 1. The minimum absolute atomic E-state index is 0.507. The Hall–Kier alpha value is -0.470. The van der Waals surface area contributed by atoms with E-state index in [0.717, 1.165) is 11.2 Å². The molecule has 2 fully saturated rings. The van der Waals surface area contributed by atoms with Crippen molar-refractivity contribution in [2.45, 2.75) is 68.6 Å².